The molecule has 2 aromatic rings. The van der Waals surface area contributed by atoms with E-state index in [0.717, 1.165) is 36.0 Å². The van der Waals surface area contributed by atoms with Crippen LogP contribution < -0.4 is 5.32 Å². The molecule has 1 amide bonds. The number of rotatable bonds is 6. The van der Waals surface area contributed by atoms with Crippen LogP contribution in [0.2, 0.25) is 0 Å². The summed E-state index contributed by atoms with van der Waals surface area (Å²) in [5, 5.41) is 4.12. The lowest BCUT2D eigenvalue weighted by atomic mass is 10.1. The van der Waals surface area contributed by atoms with Gasteiger partial charge in [0.05, 0.1) is 0 Å². The van der Waals surface area contributed by atoms with Gasteiger partial charge in [0.2, 0.25) is 5.91 Å². The molecule has 1 aliphatic heterocycles. The summed E-state index contributed by atoms with van der Waals surface area (Å²) in [4.78, 5) is 17.7. The zero-order chi connectivity index (χ0) is 15.2. The lowest BCUT2D eigenvalue weighted by Crippen LogP contribution is -2.30. The van der Waals surface area contributed by atoms with Crippen molar-refractivity contribution in [2.24, 2.45) is 0 Å². The van der Waals surface area contributed by atoms with E-state index >= 15 is 0 Å². The van der Waals surface area contributed by atoms with Gasteiger partial charge >= 0.3 is 0 Å². The van der Waals surface area contributed by atoms with Crippen LogP contribution >= 0.6 is 0 Å². The van der Waals surface area contributed by atoms with Crippen molar-refractivity contribution in [1.82, 2.24) is 9.88 Å². The molecule has 22 heavy (non-hydrogen) atoms. The molecule has 0 saturated carbocycles. The lowest BCUT2D eigenvalue weighted by Gasteiger charge is -2.26. The van der Waals surface area contributed by atoms with Crippen LogP contribution in [0, 0.1) is 0 Å². The van der Waals surface area contributed by atoms with Crippen LogP contribution in [0.5, 0.6) is 0 Å². The predicted octanol–water partition coefficient (Wildman–Crippen LogP) is 3.76. The van der Waals surface area contributed by atoms with Gasteiger partial charge in [-0.1, -0.05) is 6.42 Å². The number of H-pyrrole nitrogens is 1. The molecule has 0 radical (unpaired) electrons. The third-order valence-corrected chi connectivity index (χ3v) is 4.41. The van der Waals surface area contributed by atoms with E-state index in [-0.39, 0.29) is 5.91 Å². The first-order valence-electron chi connectivity index (χ1n) is 8.41. The number of anilines is 1. The fourth-order valence-corrected chi connectivity index (χ4v) is 3.16. The van der Waals surface area contributed by atoms with Crippen molar-refractivity contribution in [3.05, 3.63) is 30.5 Å². The van der Waals surface area contributed by atoms with Crippen LogP contribution in [0.1, 0.15) is 38.5 Å². The molecule has 1 aromatic heterocycles. The number of benzene rings is 1. The van der Waals surface area contributed by atoms with Gasteiger partial charge in [0.1, 0.15) is 0 Å². The van der Waals surface area contributed by atoms with Gasteiger partial charge in [0, 0.05) is 29.2 Å². The number of piperidine rings is 1. The first-order valence-corrected chi connectivity index (χ1v) is 8.41. The number of nitrogens with zero attached hydrogens (tertiary/aromatic N) is 1. The average molecular weight is 299 g/mol. The number of likely N-dealkylation sites (tertiary alicyclic amines) is 1. The van der Waals surface area contributed by atoms with Crippen molar-refractivity contribution >= 4 is 22.5 Å². The van der Waals surface area contributed by atoms with Gasteiger partial charge in [-0.2, -0.15) is 0 Å². The van der Waals surface area contributed by atoms with Crippen LogP contribution in [0.4, 0.5) is 5.69 Å². The Labute approximate surface area is 131 Å². The second-order valence-corrected chi connectivity index (χ2v) is 6.19. The number of carbonyl (C=O) groups excluding carboxylic acids is 1. The van der Waals surface area contributed by atoms with Crippen molar-refractivity contribution < 1.29 is 4.79 Å². The molecule has 118 valence electrons. The van der Waals surface area contributed by atoms with Crippen molar-refractivity contribution in [2.45, 2.75) is 38.5 Å². The topological polar surface area (TPSA) is 48.1 Å². The van der Waals surface area contributed by atoms with Gasteiger partial charge < -0.3 is 15.2 Å². The molecule has 3 rings (SSSR count). The second-order valence-electron chi connectivity index (χ2n) is 6.19. The minimum Gasteiger partial charge on any atom is -0.361 e. The van der Waals surface area contributed by atoms with Crippen LogP contribution in [0.25, 0.3) is 10.9 Å². The number of hydrogen-bond donors (Lipinski definition) is 2. The number of hydrogen-bond acceptors (Lipinski definition) is 2. The van der Waals surface area contributed by atoms with E-state index in [1.165, 1.54) is 32.4 Å². The van der Waals surface area contributed by atoms with E-state index in [1.54, 1.807) is 0 Å². The quantitative estimate of drug-likeness (QED) is 0.798. The molecule has 4 heteroatoms. The van der Waals surface area contributed by atoms with E-state index in [1.807, 2.05) is 30.5 Å². The van der Waals surface area contributed by atoms with Crippen LogP contribution in [0.3, 0.4) is 0 Å². The Bertz CT molecular complexity index is 614. The van der Waals surface area contributed by atoms with Gasteiger partial charge in [-0.25, -0.2) is 0 Å². The van der Waals surface area contributed by atoms with E-state index < -0.39 is 0 Å². The van der Waals surface area contributed by atoms with Crippen LogP contribution in [0.15, 0.2) is 30.5 Å². The summed E-state index contributed by atoms with van der Waals surface area (Å²) in [6.45, 7) is 3.62. The molecule has 0 bridgehead atoms. The Hall–Kier alpha value is -1.81. The molecular weight excluding hydrogens is 274 g/mol. The number of aromatic nitrogens is 1. The third-order valence-electron chi connectivity index (χ3n) is 4.41. The number of unbranched alkanes of at least 4 members (excludes halogenated alkanes) is 1. The number of amides is 1. The van der Waals surface area contributed by atoms with Crippen LogP contribution in [-0.2, 0) is 4.79 Å². The summed E-state index contributed by atoms with van der Waals surface area (Å²) >= 11 is 0. The number of nitrogens with one attached hydrogen (secondary N) is 2. The maximum Gasteiger partial charge on any atom is 0.224 e. The Morgan fingerprint density at radius 3 is 2.86 bits per heavy atom. The second kappa shape index (κ2) is 7.45. The van der Waals surface area contributed by atoms with Gasteiger partial charge in [0.25, 0.3) is 0 Å². The van der Waals surface area contributed by atoms with Gasteiger partial charge in [0.15, 0.2) is 0 Å². The highest BCUT2D eigenvalue weighted by molar-refractivity contribution is 5.93. The van der Waals surface area contributed by atoms with E-state index in [2.05, 4.69) is 15.2 Å². The molecule has 2 N–H and O–H groups in total. The maximum atomic E-state index is 12.0. The summed E-state index contributed by atoms with van der Waals surface area (Å²) in [5.41, 5.74) is 1.98. The highest BCUT2D eigenvalue weighted by atomic mass is 16.1. The largest absolute Gasteiger partial charge is 0.361 e. The fourth-order valence-electron chi connectivity index (χ4n) is 3.16. The molecule has 1 fully saturated rings. The zero-order valence-electron chi connectivity index (χ0n) is 13.1. The normalized spacial score (nSPS) is 16.0. The van der Waals surface area contributed by atoms with Crippen molar-refractivity contribution in [3.63, 3.8) is 0 Å². The molecule has 2 heterocycles. The summed E-state index contributed by atoms with van der Waals surface area (Å²) in [5.74, 6) is 0.119. The Kier molecular flexibility index (Phi) is 5.11. The summed E-state index contributed by atoms with van der Waals surface area (Å²) < 4.78 is 0. The van der Waals surface area contributed by atoms with Gasteiger partial charge in [-0.05, 0) is 69.6 Å². The fraction of sp³-hybridized carbons (Fsp3) is 0.500. The van der Waals surface area contributed by atoms with Crippen molar-refractivity contribution in [3.8, 4) is 0 Å². The SMILES string of the molecule is O=C(CCCCN1CCCCC1)Nc1ccc2[nH]ccc2c1. The number of aromatic amines is 1. The molecule has 1 aromatic carbocycles. The Morgan fingerprint density at radius 1 is 1.14 bits per heavy atom. The summed E-state index contributed by atoms with van der Waals surface area (Å²) in [6, 6.07) is 7.98. The minimum atomic E-state index is 0.119. The summed E-state index contributed by atoms with van der Waals surface area (Å²) in [7, 11) is 0. The average Bonchev–Trinajstić information content (AvgIpc) is 3.00. The van der Waals surface area contributed by atoms with Crippen molar-refractivity contribution in [2.75, 3.05) is 25.0 Å². The number of fused-ring (bicyclic) bond motifs is 1. The number of carbonyl (C=O) groups is 1. The Morgan fingerprint density at radius 2 is 2.00 bits per heavy atom. The molecule has 0 spiro atoms. The molecule has 1 saturated heterocycles. The monoisotopic (exact) mass is 299 g/mol. The zero-order valence-corrected chi connectivity index (χ0v) is 13.1. The third kappa shape index (κ3) is 4.10. The van der Waals surface area contributed by atoms with Gasteiger partial charge in [-0.15, -0.1) is 0 Å². The van der Waals surface area contributed by atoms with E-state index in [4.69, 9.17) is 0 Å². The van der Waals surface area contributed by atoms with E-state index in [0.29, 0.717) is 6.42 Å². The highest BCUT2D eigenvalue weighted by Crippen LogP contribution is 2.18. The Balaban J connectivity index is 1.38. The van der Waals surface area contributed by atoms with E-state index in [9.17, 15) is 4.79 Å². The standard InChI is InChI=1S/C18H25N3O/c22-18(6-2-5-13-21-11-3-1-4-12-21)20-16-7-8-17-15(14-16)9-10-19-17/h7-10,14,19H,1-6,11-13H2,(H,20,22). The first kappa shape index (κ1) is 15.1. The maximum absolute atomic E-state index is 12.0. The molecule has 0 aliphatic carbocycles. The van der Waals surface area contributed by atoms with Crippen molar-refractivity contribution in [1.29, 1.82) is 0 Å². The molecule has 0 atom stereocenters. The molecule has 0 unspecified atom stereocenters. The highest BCUT2D eigenvalue weighted by Gasteiger charge is 2.09. The molecule has 4 nitrogen and oxygen atoms in total. The van der Waals surface area contributed by atoms with Crippen LogP contribution in [-0.4, -0.2) is 35.4 Å². The first-order chi connectivity index (χ1) is 10.8. The molecular formula is C18H25N3O. The smallest absolute Gasteiger partial charge is 0.224 e. The summed E-state index contributed by atoms with van der Waals surface area (Å²) in [6.07, 6.45) is 8.66. The lowest BCUT2D eigenvalue weighted by molar-refractivity contribution is -0.116. The predicted molar refractivity (Wildman–Crippen MR) is 91.1 cm³/mol. The van der Waals surface area contributed by atoms with Gasteiger partial charge in [-0.3, -0.25) is 4.79 Å². The minimum absolute atomic E-state index is 0.119. The molecule has 1 aliphatic rings.